The topological polar surface area (TPSA) is 87.3 Å². The highest BCUT2D eigenvalue weighted by Gasteiger charge is 2.56. The van der Waals surface area contributed by atoms with E-state index < -0.39 is 5.41 Å². The summed E-state index contributed by atoms with van der Waals surface area (Å²) in [6.45, 7) is 4.09. The molecule has 1 aliphatic carbocycles. The Morgan fingerprint density at radius 2 is 1.57 bits per heavy atom. The quantitative estimate of drug-likeness (QED) is 0.532. The van der Waals surface area contributed by atoms with E-state index in [1.165, 1.54) is 6.92 Å². The first-order valence-electron chi connectivity index (χ1n) is 7.95. The molecule has 0 radical (unpaired) electrons. The van der Waals surface area contributed by atoms with Gasteiger partial charge in [0.25, 0.3) is 0 Å². The summed E-state index contributed by atoms with van der Waals surface area (Å²) in [4.78, 5) is 35.6. The summed E-state index contributed by atoms with van der Waals surface area (Å²) < 4.78 is 0. The van der Waals surface area contributed by atoms with Crippen LogP contribution in [0.3, 0.4) is 0 Å². The van der Waals surface area contributed by atoms with Crippen LogP contribution in [0.1, 0.15) is 39.5 Å². The van der Waals surface area contributed by atoms with Gasteiger partial charge in [0.2, 0.25) is 17.7 Å². The molecule has 1 aliphatic rings. The van der Waals surface area contributed by atoms with Crippen molar-refractivity contribution in [1.82, 2.24) is 5.32 Å². The van der Waals surface area contributed by atoms with E-state index in [-0.39, 0.29) is 17.7 Å². The first-order chi connectivity index (χ1) is 11.0. The fourth-order valence-corrected chi connectivity index (χ4v) is 2.32. The predicted octanol–water partition coefficient (Wildman–Crippen LogP) is 2.28. The Balaban J connectivity index is 1.93. The third-order valence-electron chi connectivity index (χ3n) is 3.90. The van der Waals surface area contributed by atoms with Crippen LogP contribution in [0, 0.1) is 5.41 Å². The van der Waals surface area contributed by atoms with E-state index in [9.17, 15) is 14.4 Å². The molecule has 0 bridgehead atoms. The van der Waals surface area contributed by atoms with Crippen molar-refractivity contribution < 1.29 is 14.4 Å². The van der Waals surface area contributed by atoms with Crippen LogP contribution in [-0.2, 0) is 14.4 Å². The van der Waals surface area contributed by atoms with E-state index in [2.05, 4.69) is 22.9 Å². The number of hydrogen-bond donors (Lipinski definition) is 3. The second-order valence-electron chi connectivity index (χ2n) is 5.90. The molecule has 3 amide bonds. The molecule has 1 saturated carbocycles. The van der Waals surface area contributed by atoms with Crippen LogP contribution in [0.2, 0.25) is 0 Å². The van der Waals surface area contributed by atoms with Gasteiger partial charge in [-0.25, -0.2) is 0 Å². The SMILES string of the molecule is CCCCNC(=O)C1(C(=O)Nc2ccc(NC(C)=O)cc2)CC1. The molecular formula is C17H23N3O3. The maximum Gasteiger partial charge on any atom is 0.240 e. The van der Waals surface area contributed by atoms with E-state index in [0.29, 0.717) is 30.8 Å². The van der Waals surface area contributed by atoms with Crippen LogP contribution >= 0.6 is 0 Å². The van der Waals surface area contributed by atoms with Gasteiger partial charge in [-0.05, 0) is 43.5 Å². The molecule has 6 heteroatoms. The van der Waals surface area contributed by atoms with Crippen molar-refractivity contribution in [1.29, 1.82) is 0 Å². The van der Waals surface area contributed by atoms with Crippen molar-refractivity contribution >= 4 is 29.1 Å². The fourth-order valence-electron chi connectivity index (χ4n) is 2.32. The second kappa shape index (κ2) is 7.26. The molecule has 2 rings (SSSR count). The maximum atomic E-state index is 12.4. The van der Waals surface area contributed by atoms with Crippen molar-refractivity contribution in [3.63, 3.8) is 0 Å². The molecule has 0 heterocycles. The van der Waals surface area contributed by atoms with E-state index in [1.54, 1.807) is 24.3 Å². The summed E-state index contributed by atoms with van der Waals surface area (Å²) >= 11 is 0. The molecule has 3 N–H and O–H groups in total. The Kier molecular flexibility index (Phi) is 5.36. The lowest BCUT2D eigenvalue weighted by Crippen LogP contribution is -2.40. The minimum Gasteiger partial charge on any atom is -0.355 e. The molecule has 124 valence electrons. The molecule has 1 aromatic rings. The Bertz CT molecular complexity index is 592. The van der Waals surface area contributed by atoms with Crippen LogP contribution in [0.5, 0.6) is 0 Å². The van der Waals surface area contributed by atoms with Gasteiger partial charge in [-0.1, -0.05) is 13.3 Å². The molecule has 1 fully saturated rings. The second-order valence-corrected chi connectivity index (χ2v) is 5.90. The summed E-state index contributed by atoms with van der Waals surface area (Å²) in [5.41, 5.74) is 0.356. The number of hydrogen-bond acceptors (Lipinski definition) is 3. The Morgan fingerprint density at radius 1 is 1.00 bits per heavy atom. The number of unbranched alkanes of at least 4 members (excludes halogenated alkanes) is 1. The van der Waals surface area contributed by atoms with E-state index in [1.807, 2.05) is 0 Å². The number of anilines is 2. The Labute approximate surface area is 136 Å². The normalized spacial score (nSPS) is 14.7. The lowest BCUT2D eigenvalue weighted by Gasteiger charge is -2.15. The molecular weight excluding hydrogens is 294 g/mol. The van der Waals surface area contributed by atoms with Gasteiger partial charge in [-0.3, -0.25) is 14.4 Å². The first kappa shape index (κ1) is 17.0. The molecule has 0 saturated heterocycles. The average molecular weight is 317 g/mol. The predicted molar refractivity (Wildman–Crippen MR) is 89.0 cm³/mol. The van der Waals surface area contributed by atoms with Gasteiger partial charge < -0.3 is 16.0 Å². The van der Waals surface area contributed by atoms with Gasteiger partial charge in [-0.15, -0.1) is 0 Å². The van der Waals surface area contributed by atoms with E-state index in [4.69, 9.17) is 0 Å². The molecule has 0 unspecified atom stereocenters. The molecule has 23 heavy (non-hydrogen) atoms. The van der Waals surface area contributed by atoms with Crippen molar-refractivity contribution in [2.24, 2.45) is 5.41 Å². The highest BCUT2D eigenvalue weighted by Crippen LogP contribution is 2.46. The van der Waals surface area contributed by atoms with Gasteiger partial charge in [0.05, 0.1) is 0 Å². The monoisotopic (exact) mass is 317 g/mol. The largest absolute Gasteiger partial charge is 0.355 e. The highest BCUT2D eigenvalue weighted by atomic mass is 16.2. The van der Waals surface area contributed by atoms with Crippen LogP contribution in [0.25, 0.3) is 0 Å². The Morgan fingerprint density at radius 3 is 2.04 bits per heavy atom. The highest BCUT2D eigenvalue weighted by molar-refractivity contribution is 6.13. The van der Waals surface area contributed by atoms with Gasteiger partial charge in [0, 0.05) is 24.8 Å². The zero-order valence-electron chi connectivity index (χ0n) is 13.6. The van der Waals surface area contributed by atoms with E-state index in [0.717, 1.165) is 12.8 Å². The van der Waals surface area contributed by atoms with Crippen LogP contribution in [-0.4, -0.2) is 24.3 Å². The van der Waals surface area contributed by atoms with Crippen molar-refractivity contribution in [2.75, 3.05) is 17.2 Å². The standard InChI is InChI=1S/C17H23N3O3/c1-3-4-11-18-15(22)17(9-10-17)16(23)20-14-7-5-13(6-8-14)19-12(2)21/h5-8H,3-4,9-11H2,1-2H3,(H,18,22)(H,19,21)(H,20,23). The molecule has 0 aliphatic heterocycles. The number of carbonyl (C=O) groups is 3. The molecule has 1 aromatic carbocycles. The lowest BCUT2D eigenvalue weighted by atomic mass is 10.0. The van der Waals surface area contributed by atoms with Crippen LogP contribution < -0.4 is 16.0 Å². The first-order valence-corrected chi connectivity index (χ1v) is 7.95. The van der Waals surface area contributed by atoms with Gasteiger partial charge in [-0.2, -0.15) is 0 Å². The van der Waals surface area contributed by atoms with E-state index >= 15 is 0 Å². The van der Waals surface area contributed by atoms with Crippen LogP contribution in [0.4, 0.5) is 11.4 Å². The third-order valence-corrected chi connectivity index (χ3v) is 3.90. The fraction of sp³-hybridized carbons (Fsp3) is 0.471. The smallest absolute Gasteiger partial charge is 0.240 e. The van der Waals surface area contributed by atoms with Gasteiger partial charge in [0.15, 0.2) is 0 Å². The minimum absolute atomic E-state index is 0.150. The number of carbonyl (C=O) groups excluding carboxylic acids is 3. The average Bonchev–Trinajstić information content (AvgIpc) is 3.30. The number of benzene rings is 1. The van der Waals surface area contributed by atoms with Crippen LogP contribution in [0.15, 0.2) is 24.3 Å². The molecule has 0 atom stereocenters. The summed E-state index contributed by atoms with van der Waals surface area (Å²) in [6, 6.07) is 6.82. The summed E-state index contributed by atoms with van der Waals surface area (Å²) in [6.07, 6.45) is 3.08. The van der Waals surface area contributed by atoms with Gasteiger partial charge in [0.1, 0.15) is 5.41 Å². The zero-order valence-corrected chi connectivity index (χ0v) is 13.6. The summed E-state index contributed by atoms with van der Waals surface area (Å²) in [7, 11) is 0. The minimum atomic E-state index is -0.913. The third kappa shape index (κ3) is 4.31. The molecule has 6 nitrogen and oxygen atoms in total. The van der Waals surface area contributed by atoms with Gasteiger partial charge >= 0.3 is 0 Å². The van der Waals surface area contributed by atoms with Crippen molar-refractivity contribution in [2.45, 2.75) is 39.5 Å². The molecule has 0 spiro atoms. The maximum absolute atomic E-state index is 12.4. The summed E-state index contributed by atoms with van der Waals surface area (Å²) in [5, 5.41) is 8.28. The lowest BCUT2D eigenvalue weighted by molar-refractivity contribution is -0.134. The number of rotatable bonds is 7. The number of amides is 3. The Hall–Kier alpha value is -2.37. The van der Waals surface area contributed by atoms with Crippen molar-refractivity contribution in [3.8, 4) is 0 Å². The number of nitrogens with one attached hydrogen (secondary N) is 3. The molecule has 0 aromatic heterocycles. The van der Waals surface area contributed by atoms with Crippen molar-refractivity contribution in [3.05, 3.63) is 24.3 Å². The summed E-state index contributed by atoms with van der Waals surface area (Å²) in [5.74, 6) is -0.598. The zero-order chi connectivity index (χ0) is 16.9.